The van der Waals surface area contributed by atoms with E-state index in [9.17, 15) is 0 Å². The Morgan fingerprint density at radius 2 is 1.88 bits per heavy atom. The lowest BCUT2D eigenvalue weighted by Gasteiger charge is -2.16. The van der Waals surface area contributed by atoms with Gasteiger partial charge in [-0.05, 0) is 20.8 Å². The zero-order valence-corrected chi connectivity index (χ0v) is 11.3. The molecule has 2 aromatic rings. The van der Waals surface area contributed by atoms with E-state index >= 15 is 0 Å². The number of hydrogen-bond acceptors (Lipinski definition) is 3. The molecule has 0 saturated heterocycles. The van der Waals surface area contributed by atoms with Crippen LogP contribution in [0.3, 0.4) is 0 Å². The summed E-state index contributed by atoms with van der Waals surface area (Å²) in [5.41, 5.74) is 8.17. The first-order valence-corrected chi connectivity index (χ1v) is 6.58. The number of aryl methyl sites for hydroxylation is 1. The zero-order valence-electron chi connectivity index (χ0n) is 10.5. The Bertz CT molecular complexity index is 495. The van der Waals surface area contributed by atoms with Crippen LogP contribution in [0.2, 0.25) is 0 Å². The van der Waals surface area contributed by atoms with Crippen LogP contribution in [0.1, 0.15) is 24.4 Å². The van der Waals surface area contributed by atoms with Crippen molar-refractivity contribution in [2.24, 2.45) is 5.73 Å². The molecule has 0 amide bonds. The summed E-state index contributed by atoms with van der Waals surface area (Å²) in [6.07, 6.45) is 0.878. The van der Waals surface area contributed by atoms with Crippen LogP contribution in [0.4, 0.5) is 0 Å². The molecule has 1 heterocycles. The molecule has 0 atom stereocenters. The summed E-state index contributed by atoms with van der Waals surface area (Å²) < 4.78 is 0. The molecular weight excluding hydrogens is 228 g/mol. The smallest absolute Gasteiger partial charge is 0.123 e. The molecule has 90 valence electrons. The van der Waals surface area contributed by atoms with E-state index in [2.05, 4.69) is 24.0 Å². The van der Waals surface area contributed by atoms with Crippen LogP contribution in [-0.4, -0.2) is 10.5 Å². The highest BCUT2D eigenvalue weighted by Gasteiger charge is 2.17. The number of hydrogen-bond donors (Lipinski definition) is 1. The summed E-state index contributed by atoms with van der Waals surface area (Å²) in [6.45, 7) is 6.16. The van der Waals surface area contributed by atoms with Gasteiger partial charge in [0.1, 0.15) is 5.01 Å². The van der Waals surface area contributed by atoms with Gasteiger partial charge in [0.05, 0.1) is 5.69 Å². The Hall–Kier alpha value is -1.19. The Morgan fingerprint density at radius 1 is 1.24 bits per heavy atom. The highest BCUT2D eigenvalue weighted by Crippen LogP contribution is 2.29. The largest absolute Gasteiger partial charge is 0.325 e. The minimum atomic E-state index is -0.175. The molecule has 2 N–H and O–H groups in total. The topological polar surface area (TPSA) is 38.9 Å². The normalized spacial score (nSPS) is 11.8. The van der Waals surface area contributed by atoms with Crippen molar-refractivity contribution in [1.29, 1.82) is 0 Å². The van der Waals surface area contributed by atoms with Crippen molar-refractivity contribution in [3.05, 3.63) is 40.9 Å². The first kappa shape index (κ1) is 12.3. The molecule has 0 aliphatic carbocycles. The molecule has 1 aromatic carbocycles. The van der Waals surface area contributed by atoms with Gasteiger partial charge in [0.2, 0.25) is 0 Å². The summed E-state index contributed by atoms with van der Waals surface area (Å²) in [4.78, 5) is 5.92. The summed E-state index contributed by atoms with van der Waals surface area (Å²) in [6, 6.07) is 10.3. The number of thiazole rings is 1. The lowest BCUT2D eigenvalue weighted by molar-refractivity contribution is 0.519. The van der Waals surface area contributed by atoms with Gasteiger partial charge in [-0.3, -0.25) is 0 Å². The van der Waals surface area contributed by atoms with Gasteiger partial charge < -0.3 is 5.73 Å². The van der Waals surface area contributed by atoms with Crippen LogP contribution in [0.5, 0.6) is 0 Å². The number of nitrogens with two attached hydrogens (primary N) is 1. The minimum Gasteiger partial charge on any atom is -0.325 e. The summed E-state index contributed by atoms with van der Waals surface area (Å²) in [5.74, 6) is 0. The monoisotopic (exact) mass is 246 g/mol. The third kappa shape index (κ3) is 3.14. The average Bonchev–Trinajstić information content (AvgIpc) is 2.59. The van der Waals surface area contributed by atoms with Crippen molar-refractivity contribution in [2.45, 2.75) is 32.7 Å². The van der Waals surface area contributed by atoms with E-state index in [1.54, 1.807) is 11.3 Å². The van der Waals surface area contributed by atoms with Crippen LogP contribution in [-0.2, 0) is 6.42 Å². The van der Waals surface area contributed by atoms with Gasteiger partial charge in [-0.2, -0.15) is 0 Å². The molecule has 0 unspecified atom stereocenters. The molecule has 0 bridgehead atoms. The molecular formula is C14H18N2S. The van der Waals surface area contributed by atoms with Crippen molar-refractivity contribution in [2.75, 3.05) is 0 Å². The van der Waals surface area contributed by atoms with Gasteiger partial charge in [-0.25, -0.2) is 4.98 Å². The van der Waals surface area contributed by atoms with E-state index < -0.39 is 0 Å². The van der Waals surface area contributed by atoms with Gasteiger partial charge in [0.25, 0.3) is 0 Å². The Morgan fingerprint density at radius 3 is 2.47 bits per heavy atom. The fraction of sp³-hybridized carbons (Fsp3) is 0.357. The molecule has 0 saturated carbocycles. The molecule has 2 nitrogen and oxygen atoms in total. The Labute approximate surface area is 107 Å². The molecule has 2 rings (SSSR count). The predicted molar refractivity (Wildman–Crippen MR) is 74.3 cm³/mol. The lowest BCUT2D eigenvalue weighted by atomic mass is 10.0. The second kappa shape index (κ2) is 4.59. The molecule has 0 aliphatic rings. The highest BCUT2D eigenvalue weighted by molar-refractivity contribution is 7.15. The first-order valence-electron chi connectivity index (χ1n) is 5.76. The fourth-order valence-electron chi connectivity index (χ4n) is 1.71. The van der Waals surface area contributed by atoms with Crippen molar-refractivity contribution < 1.29 is 0 Å². The average molecular weight is 246 g/mol. The lowest BCUT2D eigenvalue weighted by Crippen LogP contribution is -2.34. The second-order valence-electron chi connectivity index (χ2n) is 5.06. The summed E-state index contributed by atoms with van der Waals surface area (Å²) >= 11 is 1.75. The Kier molecular flexibility index (Phi) is 3.31. The van der Waals surface area contributed by atoms with Crippen molar-refractivity contribution in [3.8, 4) is 10.6 Å². The maximum Gasteiger partial charge on any atom is 0.123 e. The number of aromatic nitrogens is 1. The maximum absolute atomic E-state index is 6.06. The number of benzene rings is 1. The van der Waals surface area contributed by atoms with E-state index in [4.69, 9.17) is 5.73 Å². The Balaban J connectivity index is 2.31. The predicted octanol–water partition coefficient (Wildman–Crippen LogP) is 3.40. The van der Waals surface area contributed by atoms with Crippen LogP contribution in [0.15, 0.2) is 30.3 Å². The third-order valence-electron chi connectivity index (χ3n) is 2.53. The van der Waals surface area contributed by atoms with Gasteiger partial charge in [-0.1, -0.05) is 30.3 Å². The molecule has 1 aromatic heterocycles. The van der Waals surface area contributed by atoms with Crippen molar-refractivity contribution in [1.82, 2.24) is 4.98 Å². The SMILES string of the molecule is Cc1nc(-c2ccccc2)sc1CC(C)(C)N. The van der Waals surface area contributed by atoms with E-state index in [0.29, 0.717) is 0 Å². The molecule has 0 fully saturated rings. The van der Waals surface area contributed by atoms with Crippen LogP contribution < -0.4 is 5.73 Å². The van der Waals surface area contributed by atoms with Crippen LogP contribution >= 0.6 is 11.3 Å². The van der Waals surface area contributed by atoms with Gasteiger partial charge >= 0.3 is 0 Å². The van der Waals surface area contributed by atoms with E-state index in [0.717, 1.165) is 17.1 Å². The second-order valence-corrected chi connectivity index (χ2v) is 6.14. The van der Waals surface area contributed by atoms with E-state index in [1.165, 1.54) is 10.4 Å². The van der Waals surface area contributed by atoms with Gasteiger partial charge in [0.15, 0.2) is 0 Å². The molecule has 3 heteroatoms. The zero-order chi connectivity index (χ0) is 12.5. The maximum atomic E-state index is 6.06. The standard InChI is InChI=1S/C14H18N2S/c1-10-12(9-14(2,3)15)17-13(16-10)11-7-5-4-6-8-11/h4-8H,9,15H2,1-3H3. The van der Waals surface area contributed by atoms with Crippen molar-refractivity contribution in [3.63, 3.8) is 0 Å². The van der Waals surface area contributed by atoms with Gasteiger partial charge in [-0.15, -0.1) is 11.3 Å². The van der Waals surface area contributed by atoms with E-state index in [-0.39, 0.29) is 5.54 Å². The minimum absolute atomic E-state index is 0.175. The first-order chi connectivity index (χ1) is 7.96. The highest BCUT2D eigenvalue weighted by atomic mass is 32.1. The summed E-state index contributed by atoms with van der Waals surface area (Å²) in [5, 5.41) is 1.09. The molecule has 0 aliphatic heterocycles. The third-order valence-corrected chi connectivity index (χ3v) is 3.74. The number of rotatable bonds is 3. The summed E-state index contributed by atoms with van der Waals surface area (Å²) in [7, 11) is 0. The van der Waals surface area contributed by atoms with E-state index in [1.807, 2.05) is 32.0 Å². The fourth-order valence-corrected chi connectivity index (χ4v) is 3.02. The van der Waals surface area contributed by atoms with Gasteiger partial charge in [0, 0.05) is 22.4 Å². The molecule has 17 heavy (non-hydrogen) atoms. The van der Waals surface area contributed by atoms with Crippen LogP contribution in [0, 0.1) is 6.92 Å². The molecule has 0 spiro atoms. The van der Waals surface area contributed by atoms with Crippen LogP contribution in [0.25, 0.3) is 10.6 Å². The number of nitrogens with zero attached hydrogens (tertiary/aromatic N) is 1. The molecule has 0 radical (unpaired) electrons. The quantitative estimate of drug-likeness (QED) is 0.901. The van der Waals surface area contributed by atoms with Crippen molar-refractivity contribution >= 4 is 11.3 Å².